The van der Waals surface area contributed by atoms with E-state index in [2.05, 4.69) is 15.4 Å². The van der Waals surface area contributed by atoms with Crippen molar-refractivity contribution in [1.82, 2.24) is 20.1 Å². The fraction of sp³-hybridized carbons (Fsp3) is 0.167. The lowest BCUT2D eigenvalue weighted by Gasteiger charge is -2.10. The van der Waals surface area contributed by atoms with E-state index in [0.29, 0.717) is 12.3 Å². The Bertz CT molecular complexity index is 815. The number of hydrogen-bond donors (Lipinski definition) is 1. The molecule has 0 aliphatic rings. The molecule has 0 spiro atoms. The molecule has 1 heterocycles. The third kappa shape index (κ3) is 3.98. The van der Waals surface area contributed by atoms with Gasteiger partial charge in [-0.15, -0.1) is 0 Å². The van der Waals surface area contributed by atoms with Crippen molar-refractivity contribution in [2.45, 2.75) is 13.5 Å². The minimum Gasteiger partial charge on any atom is -0.484 e. The van der Waals surface area contributed by atoms with Gasteiger partial charge in [-0.3, -0.25) is 4.79 Å². The van der Waals surface area contributed by atoms with E-state index in [-0.39, 0.29) is 12.5 Å². The summed E-state index contributed by atoms with van der Waals surface area (Å²) in [6, 6.07) is 15.3. The van der Waals surface area contributed by atoms with Crippen LogP contribution in [0.3, 0.4) is 0 Å². The van der Waals surface area contributed by atoms with Gasteiger partial charge in [0.25, 0.3) is 5.91 Å². The van der Waals surface area contributed by atoms with Crippen LogP contribution in [-0.2, 0) is 11.3 Å². The van der Waals surface area contributed by atoms with Gasteiger partial charge in [0, 0.05) is 12.6 Å². The third-order valence-electron chi connectivity index (χ3n) is 3.61. The number of amides is 1. The van der Waals surface area contributed by atoms with E-state index >= 15 is 0 Å². The molecule has 24 heavy (non-hydrogen) atoms. The number of carbonyl (C=O) groups is 1. The summed E-state index contributed by atoms with van der Waals surface area (Å²) >= 11 is 0. The maximum absolute atomic E-state index is 12.0. The largest absolute Gasteiger partial charge is 0.484 e. The van der Waals surface area contributed by atoms with Crippen LogP contribution in [0.2, 0.25) is 0 Å². The molecular formula is C18H18N4O2. The Morgan fingerprint density at radius 2 is 2.08 bits per heavy atom. The van der Waals surface area contributed by atoms with Gasteiger partial charge in [0.2, 0.25) is 0 Å². The van der Waals surface area contributed by atoms with Crippen molar-refractivity contribution in [1.29, 1.82) is 0 Å². The quantitative estimate of drug-likeness (QED) is 0.756. The summed E-state index contributed by atoms with van der Waals surface area (Å²) in [4.78, 5) is 15.9. The van der Waals surface area contributed by atoms with Gasteiger partial charge in [-0.05, 0) is 30.2 Å². The van der Waals surface area contributed by atoms with Crippen molar-refractivity contribution < 1.29 is 9.53 Å². The molecule has 3 rings (SSSR count). The van der Waals surface area contributed by atoms with Crippen molar-refractivity contribution in [3.63, 3.8) is 0 Å². The first-order valence-electron chi connectivity index (χ1n) is 7.61. The number of aryl methyl sites for hydroxylation is 1. The summed E-state index contributed by atoms with van der Waals surface area (Å²) in [6.07, 6.45) is 3.07. The molecule has 0 unspecified atom stereocenters. The van der Waals surface area contributed by atoms with E-state index in [1.165, 1.54) is 6.33 Å². The Hall–Kier alpha value is -3.15. The molecule has 122 valence electrons. The minimum atomic E-state index is -0.163. The molecule has 0 bridgehead atoms. The second-order valence-electron chi connectivity index (χ2n) is 5.33. The van der Waals surface area contributed by atoms with Crippen LogP contribution in [0.5, 0.6) is 5.75 Å². The van der Waals surface area contributed by atoms with Crippen molar-refractivity contribution >= 4 is 5.91 Å². The SMILES string of the molecule is Cc1ccccc1CNC(=O)COc1cccc(-n2cncn2)c1. The lowest BCUT2D eigenvalue weighted by Crippen LogP contribution is -2.28. The zero-order valence-corrected chi connectivity index (χ0v) is 13.3. The van der Waals surface area contributed by atoms with Crippen molar-refractivity contribution in [3.05, 3.63) is 72.3 Å². The summed E-state index contributed by atoms with van der Waals surface area (Å²) in [6.45, 7) is 2.48. The number of benzene rings is 2. The summed E-state index contributed by atoms with van der Waals surface area (Å²) in [5.41, 5.74) is 3.07. The standard InChI is InChI=1S/C18H18N4O2/c1-14-5-2-3-6-15(14)10-20-18(23)11-24-17-8-4-7-16(9-17)22-13-19-12-21-22/h2-9,12-13H,10-11H2,1H3,(H,20,23). The maximum Gasteiger partial charge on any atom is 0.258 e. The molecule has 1 amide bonds. The van der Waals surface area contributed by atoms with Crippen LogP contribution in [0.1, 0.15) is 11.1 Å². The van der Waals surface area contributed by atoms with E-state index in [1.54, 1.807) is 17.1 Å². The van der Waals surface area contributed by atoms with E-state index in [0.717, 1.165) is 16.8 Å². The number of nitrogens with one attached hydrogen (secondary N) is 1. The molecule has 6 heteroatoms. The van der Waals surface area contributed by atoms with Crippen LogP contribution >= 0.6 is 0 Å². The molecule has 0 saturated heterocycles. The van der Waals surface area contributed by atoms with E-state index in [1.807, 2.05) is 49.4 Å². The van der Waals surface area contributed by atoms with E-state index in [9.17, 15) is 4.79 Å². The van der Waals surface area contributed by atoms with E-state index < -0.39 is 0 Å². The number of ether oxygens (including phenoxy) is 1. The van der Waals surface area contributed by atoms with Crippen LogP contribution in [0.25, 0.3) is 5.69 Å². The highest BCUT2D eigenvalue weighted by Crippen LogP contribution is 2.15. The molecule has 0 fully saturated rings. The monoisotopic (exact) mass is 322 g/mol. The second kappa shape index (κ2) is 7.41. The Morgan fingerprint density at radius 1 is 1.21 bits per heavy atom. The number of rotatable bonds is 6. The van der Waals surface area contributed by atoms with Crippen LogP contribution < -0.4 is 10.1 Å². The summed E-state index contributed by atoms with van der Waals surface area (Å²) in [5.74, 6) is 0.443. The molecule has 0 saturated carbocycles. The zero-order valence-electron chi connectivity index (χ0n) is 13.3. The Labute approximate surface area is 140 Å². The van der Waals surface area contributed by atoms with Gasteiger partial charge in [0.15, 0.2) is 6.61 Å². The van der Waals surface area contributed by atoms with Crippen molar-refractivity contribution in [3.8, 4) is 11.4 Å². The third-order valence-corrected chi connectivity index (χ3v) is 3.61. The lowest BCUT2D eigenvalue weighted by atomic mass is 10.1. The number of aromatic nitrogens is 3. The maximum atomic E-state index is 12.0. The number of hydrogen-bond acceptors (Lipinski definition) is 4. The molecule has 3 aromatic rings. The molecule has 0 radical (unpaired) electrons. The predicted octanol–water partition coefficient (Wildman–Crippen LogP) is 2.27. The highest BCUT2D eigenvalue weighted by molar-refractivity contribution is 5.77. The van der Waals surface area contributed by atoms with Crippen molar-refractivity contribution in [2.24, 2.45) is 0 Å². The van der Waals surface area contributed by atoms with Crippen LogP contribution in [0.15, 0.2) is 61.2 Å². The second-order valence-corrected chi connectivity index (χ2v) is 5.33. The first-order valence-corrected chi connectivity index (χ1v) is 7.61. The van der Waals surface area contributed by atoms with Crippen LogP contribution in [0, 0.1) is 6.92 Å². The van der Waals surface area contributed by atoms with Gasteiger partial charge < -0.3 is 10.1 Å². The molecule has 6 nitrogen and oxygen atoms in total. The first kappa shape index (κ1) is 15.7. The summed E-state index contributed by atoms with van der Waals surface area (Å²) in [5, 5.41) is 6.93. The minimum absolute atomic E-state index is 0.0350. The Morgan fingerprint density at radius 3 is 2.88 bits per heavy atom. The van der Waals surface area contributed by atoms with Gasteiger partial charge in [-0.25, -0.2) is 9.67 Å². The Kier molecular flexibility index (Phi) is 4.86. The molecule has 1 N–H and O–H groups in total. The fourth-order valence-electron chi connectivity index (χ4n) is 2.26. The van der Waals surface area contributed by atoms with Gasteiger partial charge in [0.05, 0.1) is 5.69 Å². The lowest BCUT2D eigenvalue weighted by molar-refractivity contribution is -0.123. The van der Waals surface area contributed by atoms with Gasteiger partial charge in [-0.2, -0.15) is 5.10 Å². The number of carbonyl (C=O) groups excluding carboxylic acids is 1. The van der Waals surface area contributed by atoms with Gasteiger partial charge >= 0.3 is 0 Å². The molecule has 1 aromatic heterocycles. The first-order chi connectivity index (χ1) is 11.7. The van der Waals surface area contributed by atoms with Crippen LogP contribution in [-0.4, -0.2) is 27.3 Å². The fourth-order valence-corrected chi connectivity index (χ4v) is 2.26. The van der Waals surface area contributed by atoms with Gasteiger partial charge in [-0.1, -0.05) is 30.3 Å². The smallest absolute Gasteiger partial charge is 0.258 e. The van der Waals surface area contributed by atoms with Gasteiger partial charge in [0.1, 0.15) is 18.4 Å². The topological polar surface area (TPSA) is 69.0 Å². The normalized spacial score (nSPS) is 10.4. The summed E-state index contributed by atoms with van der Waals surface area (Å²) in [7, 11) is 0. The van der Waals surface area contributed by atoms with Crippen molar-refractivity contribution in [2.75, 3.05) is 6.61 Å². The molecule has 0 atom stereocenters. The highest BCUT2D eigenvalue weighted by Gasteiger charge is 2.05. The predicted molar refractivity (Wildman–Crippen MR) is 89.9 cm³/mol. The molecule has 0 aliphatic carbocycles. The Balaban J connectivity index is 1.53. The summed E-state index contributed by atoms with van der Waals surface area (Å²) < 4.78 is 7.18. The average Bonchev–Trinajstić information content (AvgIpc) is 3.14. The number of nitrogens with zero attached hydrogens (tertiary/aromatic N) is 3. The molecular weight excluding hydrogens is 304 g/mol. The average molecular weight is 322 g/mol. The molecule has 0 aliphatic heterocycles. The van der Waals surface area contributed by atoms with Crippen LogP contribution in [0.4, 0.5) is 0 Å². The zero-order chi connectivity index (χ0) is 16.8. The highest BCUT2D eigenvalue weighted by atomic mass is 16.5. The van der Waals surface area contributed by atoms with E-state index in [4.69, 9.17) is 4.74 Å². The molecule has 2 aromatic carbocycles.